The van der Waals surface area contributed by atoms with Crippen LogP contribution in [0.2, 0.25) is 0 Å². The number of aryl methyl sites for hydroxylation is 1. The van der Waals surface area contributed by atoms with Gasteiger partial charge in [0.25, 0.3) is 5.91 Å². The van der Waals surface area contributed by atoms with Gasteiger partial charge < -0.3 is 11.5 Å². The van der Waals surface area contributed by atoms with Crippen molar-refractivity contribution in [1.29, 1.82) is 0 Å². The van der Waals surface area contributed by atoms with E-state index in [0.717, 1.165) is 0 Å². The maximum atomic E-state index is 11.1. The molecule has 0 fully saturated rings. The third kappa shape index (κ3) is 1.94. The van der Waals surface area contributed by atoms with Gasteiger partial charge in [-0.15, -0.1) is 0 Å². The first kappa shape index (κ1) is 11.1. The number of carbonyl (C=O) groups is 1. The lowest BCUT2D eigenvalue weighted by Crippen LogP contribution is -2.19. The smallest absolute Gasteiger partial charge is 0.271 e. The van der Waals surface area contributed by atoms with E-state index >= 15 is 0 Å². The van der Waals surface area contributed by atoms with E-state index in [2.05, 4.69) is 15.1 Å². The number of hydrogen-bond acceptors (Lipinski definition) is 5. The summed E-state index contributed by atoms with van der Waals surface area (Å²) >= 11 is 0. The van der Waals surface area contributed by atoms with Gasteiger partial charge in [-0.05, 0) is 12.5 Å². The maximum Gasteiger partial charge on any atom is 0.271 e. The molecule has 4 N–H and O–H groups in total. The number of nitrogens with two attached hydrogens (primary N) is 2. The van der Waals surface area contributed by atoms with Crippen molar-refractivity contribution in [2.75, 3.05) is 5.73 Å². The number of hydrogen-bond donors (Lipinski definition) is 2. The largest absolute Gasteiger partial charge is 0.382 e. The summed E-state index contributed by atoms with van der Waals surface area (Å²) in [5.74, 6) is -0.156. The SMILES string of the molecule is CCc1nc(C(N)=O)c(N)nc1-n1cccn1. The topological polar surface area (TPSA) is 113 Å². The highest BCUT2D eigenvalue weighted by Gasteiger charge is 2.15. The number of amides is 1. The van der Waals surface area contributed by atoms with Crippen LogP contribution in [0.1, 0.15) is 23.1 Å². The zero-order chi connectivity index (χ0) is 12.4. The van der Waals surface area contributed by atoms with Gasteiger partial charge in [0.2, 0.25) is 0 Å². The second-order valence-electron chi connectivity index (χ2n) is 3.40. The molecule has 0 aromatic carbocycles. The van der Waals surface area contributed by atoms with Crippen molar-refractivity contribution in [3.8, 4) is 5.82 Å². The number of nitrogens with zero attached hydrogens (tertiary/aromatic N) is 4. The standard InChI is InChI=1S/C10H12N6O/c1-2-6-10(16-5-3-4-13-16)15-8(11)7(14-6)9(12)17/h3-5H,2H2,1H3,(H2,11,15)(H2,12,17). The Hall–Kier alpha value is -2.44. The Morgan fingerprint density at radius 3 is 2.76 bits per heavy atom. The fourth-order valence-electron chi connectivity index (χ4n) is 1.47. The van der Waals surface area contributed by atoms with Crippen molar-refractivity contribution >= 4 is 11.7 Å². The number of nitrogen functional groups attached to an aromatic ring is 1. The second-order valence-corrected chi connectivity index (χ2v) is 3.40. The van der Waals surface area contributed by atoms with E-state index in [1.807, 2.05) is 6.92 Å². The van der Waals surface area contributed by atoms with Crippen LogP contribution in [-0.4, -0.2) is 25.7 Å². The van der Waals surface area contributed by atoms with Gasteiger partial charge in [-0.3, -0.25) is 4.79 Å². The molecule has 17 heavy (non-hydrogen) atoms. The quantitative estimate of drug-likeness (QED) is 0.767. The molecular formula is C10H12N6O. The van der Waals surface area contributed by atoms with Gasteiger partial charge in [0, 0.05) is 12.4 Å². The summed E-state index contributed by atoms with van der Waals surface area (Å²) in [5.41, 5.74) is 11.4. The second kappa shape index (κ2) is 4.20. The molecule has 0 aliphatic carbocycles. The summed E-state index contributed by atoms with van der Waals surface area (Å²) in [7, 11) is 0. The van der Waals surface area contributed by atoms with Crippen molar-refractivity contribution in [3.05, 3.63) is 29.8 Å². The summed E-state index contributed by atoms with van der Waals surface area (Å²) in [6.45, 7) is 1.90. The van der Waals surface area contributed by atoms with Crippen LogP contribution in [0.4, 0.5) is 5.82 Å². The van der Waals surface area contributed by atoms with Crippen molar-refractivity contribution in [2.24, 2.45) is 5.73 Å². The molecule has 0 radical (unpaired) electrons. The number of anilines is 1. The van der Waals surface area contributed by atoms with Gasteiger partial charge in [0.05, 0.1) is 5.69 Å². The van der Waals surface area contributed by atoms with E-state index in [1.54, 1.807) is 23.1 Å². The Bertz CT molecular complexity index is 548. The molecule has 88 valence electrons. The van der Waals surface area contributed by atoms with Crippen LogP contribution in [-0.2, 0) is 6.42 Å². The lowest BCUT2D eigenvalue weighted by molar-refractivity contribution is 0.0996. The summed E-state index contributed by atoms with van der Waals surface area (Å²) < 4.78 is 1.55. The molecule has 1 amide bonds. The van der Waals surface area contributed by atoms with Crippen molar-refractivity contribution in [3.63, 3.8) is 0 Å². The average molecular weight is 232 g/mol. The summed E-state index contributed by atoms with van der Waals surface area (Å²) in [5, 5.41) is 4.05. The number of primary amides is 1. The number of rotatable bonds is 3. The monoisotopic (exact) mass is 232 g/mol. The molecule has 2 rings (SSSR count). The Kier molecular flexibility index (Phi) is 2.73. The molecule has 0 bridgehead atoms. The lowest BCUT2D eigenvalue weighted by Gasteiger charge is -2.09. The van der Waals surface area contributed by atoms with Crippen LogP contribution in [0.25, 0.3) is 5.82 Å². The summed E-state index contributed by atoms with van der Waals surface area (Å²) in [6, 6.07) is 1.76. The summed E-state index contributed by atoms with van der Waals surface area (Å²) in [6.07, 6.45) is 3.95. The van der Waals surface area contributed by atoms with Crippen molar-refractivity contribution < 1.29 is 4.79 Å². The van der Waals surface area contributed by atoms with Crippen molar-refractivity contribution in [2.45, 2.75) is 13.3 Å². The highest BCUT2D eigenvalue weighted by molar-refractivity contribution is 5.95. The van der Waals surface area contributed by atoms with Gasteiger partial charge in [0.1, 0.15) is 0 Å². The number of aromatic nitrogens is 4. The third-order valence-corrected chi connectivity index (χ3v) is 2.26. The van der Waals surface area contributed by atoms with Gasteiger partial charge in [-0.1, -0.05) is 6.92 Å². The van der Waals surface area contributed by atoms with E-state index in [4.69, 9.17) is 11.5 Å². The number of carbonyl (C=O) groups excluding carboxylic acids is 1. The fraction of sp³-hybridized carbons (Fsp3) is 0.200. The van der Waals surface area contributed by atoms with Crippen LogP contribution < -0.4 is 11.5 Å². The van der Waals surface area contributed by atoms with E-state index in [1.165, 1.54) is 0 Å². The molecule has 2 aromatic heterocycles. The van der Waals surface area contributed by atoms with Gasteiger partial charge in [-0.2, -0.15) is 5.10 Å². The zero-order valence-corrected chi connectivity index (χ0v) is 9.29. The lowest BCUT2D eigenvalue weighted by atomic mass is 10.3. The minimum absolute atomic E-state index is 0.00208. The normalized spacial score (nSPS) is 10.4. The molecule has 2 aromatic rings. The fourth-order valence-corrected chi connectivity index (χ4v) is 1.47. The average Bonchev–Trinajstić information content (AvgIpc) is 2.81. The van der Waals surface area contributed by atoms with E-state index in [0.29, 0.717) is 17.9 Å². The Labute approximate surface area is 97.5 Å². The molecule has 0 aliphatic rings. The molecule has 0 aliphatic heterocycles. The predicted octanol–water partition coefficient (Wildman–Crippen LogP) is -0.0942. The predicted molar refractivity (Wildman–Crippen MR) is 61.5 cm³/mol. The minimum Gasteiger partial charge on any atom is -0.382 e. The molecule has 0 atom stereocenters. The maximum absolute atomic E-state index is 11.1. The van der Waals surface area contributed by atoms with Gasteiger partial charge in [0.15, 0.2) is 17.3 Å². The highest BCUT2D eigenvalue weighted by Crippen LogP contribution is 2.14. The Balaban J connectivity index is 2.61. The first-order valence-electron chi connectivity index (χ1n) is 5.09. The van der Waals surface area contributed by atoms with Crippen LogP contribution in [0.3, 0.4) is 0 Å². The summed E-state index contributed by atoms with van der Waals surface area (Å²) in [4.78, 5) is 19.4. The molecular weight excluding hydrogens is 220 g/mol. The minimum atomic E-state index is -0.684. The molecule has 2 heterocycles. The van der Waals surface area contributed by atoms with Crippen LogP contribution in [0.15, 0.2) is 18.5 Å². The molecule has 0 saturated carbocycles. The third-order valence-electron chi connectivity index (χ3n) is 2.26. The molecule has 0 spiro atoms. The Morgan fingerprint density at radius 2 is 2.24 bits per heavy atom. The van der Waals surface area contributed by atoms with Crippen LogP contribution in [0, 0.1) is 0 Å². The van der Waals surface area contributed by atoms with Crippen LogP contribution >= 0.6 is 0 Å². The zero-order valence-electron chi connectivity index (χ0n) is 9.29. The van der Waals surface area contributed by atoms with Gasteiger partial charge >= 0.3 is 0 Å². The molecule has 0 unspecified atom stereocenters. The van der Waals surface area contributed by atoms with Crippen molar-refractivity contribution in [1.82, 2.24) is 19.7 Å². The molecule has 7 nitrogen and oxygen atoms in total. The van der Waals surface area contributed by atoms with Crippen LogP contribution in [0.5, 0.6) is 0 Å². The van der Waals surface area contributed by atoms with E-state index in [-0.39, 0.29) is 11.5 Å². The van der Waals surface area contributed by atoms with E-state index in [9.17, 15) is 4.79 Å². The molecule has 0 saturated heterocycles. The Morgan fingerprint density at radius 1 is 1.47 bits per heavy atom. The molecule has 7 heteroatoms. The van der Waals surface area contributed by atoms with E-state index < -0.39 is 5.91 Å². The first-order chi connectivity index (χ1) is 8.13. The first-order valence-corrected chi connectivity index (χ1v) is 5.09. The van der Waals surface area contributed by atoms with Gasteiger partial charge in [-0.25, -0.2) is 14.6 Å². The highest BCUT2D eigenvalue weighted by atomic mass is 16.1.